The van der Waals surface area contributed by atoms with Crippen LogP contribution in [0.5, 0.6) is 0 Å². The molecule has 0 aliphatic carbocycles. The van der Waals surface area contributed by atoms with Crippen molar-refractivity contribution >= 4 is 0 Å². The van der Waals surface area contributed by atoms with E-state index in [1.54, 1.807) is 0 Å². The summed E-state index contributed by atoms with van der Waals surface area (Å²) in [6.07, 6.45) is 9.33. The fourth-order valence-corrected chi connectivity index (χ4v) is 2.52. The summed E-state index contributed by atoms with van der Waals surface area (Å²) in [5.41, 5.74) is 6.19. The van der Waals surface area contributed by atoms with Crippen molar-refractivity contribution < 1.29 is 0 Å². The summed E-state index contributed by atoms with van der Waals surface area (Å²) in [4.78, 5) is 4.19. The molecule has 1 heterocycles. The predicted octanol–water partition coefficient (Wildman–Crippen LogP) is 3.63. The lowest BCUT2D eigenvalue weighted by atomic mass is 9.74. The zero-order valence-corrected chi connectivity index (χ0v) is 12.6. The minimum atomic E-state index is 0.237. The molecule has 0 spiro atoms. The molecule has 0 radical (unpaired) electrons. The zero-order chi connectivity index (χ0) is 13.8. The van der Waals surface area contributed by atoms with Crippen LogP contribution in [0, 0.1) is 10.8 Å². The van der Waals surface area contributed by atoms with Crippen LogP contribution in [0.3, 0.4) is 0 Å². The number of nitrogens with zero attached hydrogens (tertiary/aromatic N) is 2. The molecule has 0 aromatic carbocycles. The summed E-state index contributed by atoms with van der Waals surface area (Å²) in [5.74, 6) is 0. The molecule has 0 saturated heterocycles. The van der Waals surface area contributed by atoms with Crippen molar-refractivity contribution in [2.75, 3.05) is 6.54 Å². The molecule has 1 unspecified atom stereocenters. The van der Waals surface area contributed by atoms with E-state index in [0.717, 1.165) is 19.4 Å². The smallest absolute Gasteiger partial charge is 0.0948 e. The minimum absolute atomic E-state index is 0.237. The van der Waals surface area contributed by atoms with Gasteiger partial charge in [-0.1, -0.05) is 34.6 Å². The van der Waals surface area contributed by atoms with Gasteiger partial charge < -0.3 is 10.3 Å². The van der Waals surface area contributed by atoms with Gasteiger partial charge in [0.2, 0.25) is 0 Å². The van der Waals surface area contributed by atoms with Gasteiger partial charge in [-0.2, -0.15) is 0 Å². The molecule has 1 aromatic heterocycles. The molecule has 3 heteroatoms. The summed E-state index contributed by atoms with van der Waals surface area (Å²) in [6.45, 7) is 12.4. The fourth-order valence-electron chi connectivity index (χ4n) is 2.52. The summed E-state index contributed by atoms with van der Waals surface area (Å²) in [7, 11) is 0. The third-order valence-electron chi connectivity index (χ3n) is 3.69. The average molecular weight is 251 g/mol. The van der Waals surface area contributed by atoms with Crippen LogP contribution in [0.4, 0.5) is 0 Å². The zero-order valence-electron chi connectivity index (χ0n) is 12.6. The Kier molecular flexibility index (Phi) is 4.97. The van der Waals surface area contributed by atoms with E-state index in [9.17, 15) is 0 Å². The van der Waals surface area contributed by atoms with E-state index in [1.165, 1.54) is 6.42 Å². The molecule has 0 aliphatic rings. The highest BCUT2D eigenvalue weighted by Crippen LogP contribution is 2.41. The van der Waals surface area contributed by atoms with Gasteiger partial charge in [0.05, 0.1) is 6.33 Å². The van der Waals surface area contributed by atoms with Gasteiger partial charge in [-0.3, -0.25) is 0 Å². The normalized spacial score (nSPS) is 14.8. The molecular weight excluding hydrogens is 222 g/mol. The maximum absolute atomic E-state index is 5.63. The third-order valence-corrected chi connectivity index (χ3v) is 3.69. The van der Waals surface area contributed by atoms with Gasteiger partial charge in [0.25, 0.3) is 0 Å². The van der Waals surface area contributed by atoms with Crippen LogP contribution in [0.1, 0.15) is 59.9 Å². The molecule has 18 heavy (non-hydrogen) atoms. The molecule has 1 aromatic rings. The minimum Gasteiger partial charge on any atom is -0.334 e. The molecule has 1 rings (SSSR count). The Morgan fingerprint density at radius 1 is 1.22 bits per heavy atom. The lowest BCUT2D eigenvalue weighted by Gasteiger charge is -2.38. The Morgan fingerprint density at radius 3 is 2.33 bits per heavy atom. The first-order chi connectivity index (χ1) is 8.26. The van der Waals surface area contributed by atoms with Crippen molar-refractivity contribution in [1.82, 2.24) is 9.55 Å². The van der Waals surface area contributed by atoms with Crippen LogP contribution >= 0.6 is 0 Å². The first-order valence-electron chi connectivity index (χ1n) is 6.94. The van der Waals surface area contributed by atoms with Crippen LogP contribution in [-0.2, 0) is 0 Å². The quantitative estimate of drug-likeness (QED) is 0.839. The summed E-state index contributed by atoms with van der Waals surface area (Å²) in [5, 5.41) is 0. The Morgan fingerprint density at radius 2 is 1.89 bits per heavy atom. The number of rotatable bonds is 6. The molecule has 0 fully saturated rings. The SMILES string of the molecule is CC(C)(CCCN)CC(n1ccnc1)C(C)(C)C. The van der Waals surface area contributed by atoms with Crippen molar-refractivity contribution in [2.45, 2.75) is 59.9 Å². The van der Waals surface area contributed by atoms with E-state index in [0.29, 0.717) is 11.5 Å². The summed E-state index contributed by atoms with van der Waals surface area (Å²) >= 11 is 0. The second-order valence-electron chi connectivity index (χ2n) is 7.15. The van der Waals surface area contributed by atoms with Gasteiger partial charge in [0.1, 0.15) is 0 Å². The molecule has 1 atom stereocenters. The molecule has 0 amide bonds. The van der Waals surface area contributed by atoms with Gasteiger partial charge in [-0.15, -0.1) is 0 Å². The van der Waals surface area contributed by atoms with E-state index in [4.69, 9.17) is 5.73 Å². The third kappa shape index (κ3) is 4.45. The van der Waals surface area contributed by atoms with Crippen molar-refractivity contribution in [3.05, 3.63) is 18.7 Å². The molecule has 0 saturated carbocycles. The van der Waals surface area contributed by atoms with Crippen LogP contribution in [-0.4, -0.2) is 16.1 Å². The highest BCUT2D eigenvalue weighted by Gasteiger charge is 2.31. The molecular formula is C15H29N3. The maximum atomic E-state index is 5.63. The molecule has 104 valence electrons. The van der Waals surface area contributed by atoms with Crippen molar-refractivity contribution in [3.63, 3.8) is 0 Å². The summed E-state index contributed by atoms with van der Waals surface area (Å²) < 4.78 is 2.25. The van der Waals surface area contributed by atoms with E-state index >= 15 is 0 Å². The largest absolute Gasteiger partial charge is 0.334 e. The van der Waals surface area contributed by atoms with E-state index < -0.39 is 0 Å². The number of aromatic nitrogens is 2. The molecule has 0 bridgehead atoms. The number of imidazole rings is 1. The molecule has 3 nitrogen and oxygen atoms in total. The fraction of sp³-hybridized carbons (Fsp3) is 0.800. The first-order valence-corrected chi connectivity index (χ1v) is 6.94. The topological polar surface area (TPSA) is 43.8 Å². The van der Waals surface area contributed by atoms with Crippen LogP contribution in [0.15, 0.2) is 18.7 Å². The summed E-state index contributed by atoms with van der Waals surface area (Å²) in [6, 6.07) is 0.479. The Bertz CT molecular complexity index is 333. The first kappa shape index (κ1) is 15.2. The van der Waals surface area contributed by atoms with Gasteiger partial charge in [0, 0.05) is 18.4 Å². The predicted molar refractivity (Wildman–Crippen MR) is 77.4 cm³/mol. The molecule has 0 aliphatic heterocycles. The van der Waals surface area contributed by atoms with Crippen molar-refractivity contribution in [1.29, 1.82) is 0 Å². The second-order valence-corrected chi connectivity index (χ2v) is 7.15. The van der Waals surface area contributed by atoms with E-state index in [1.807, 2.05) is 12.5 Å². The van der Waals surface area contributed by atoms with Gasteiger partial charge in [0.15, 0.2) is 0 Å². The Labute approximate surface area is 112 Å². The molecule has 2 N–H and O–H groups in total. The van der Waals surface area contributed by atoms with Crippen LogP contribution in [0.2, 0.25) is 0 Å². The van der Waals surface area contributed by atoms with Crippen molar-refractivity contribution in [3.8, 4) is 0 Å². The average Bonchev–Trinajstić information content (AvgIpc) is 2.75. The second kappa shape index (κ2) is 5.87. The highest BCUT2D eigenvalue weighted by molar-refractivity contribution is 4.90. The Hall–Kier alpha value is -0.830. The maximum Gasteiger partial charge on any atom is 0.0948 e. The number of hydrogen-bond donors (Lipinski definition) is 1. The van der Waals surface area contributed by atoms with E-state index in [2.05, 4.69) is 50.4 Å². The van der Waals surface area contributed by atoms with Gasteiger partial charge >= 0.3 is 0 Å². The lowest BCUT2D eigenvalue weighted by Crippen LogP contribution is -2.29. The standard InChI is InChI=1S/C15H29N3/c1-14(2,3)13(18-10-9-17-12-18)11-15(4,5)7-6-8-16/h9-10,12-13H,6-8,11,16H2,1-5H3. The highest BCUT2D eigenvalue weighted by atomic mass is 15.1. The monoisotopic (exact) mass is 251 g/mol. The van der Waals surface area contributed by atoms with E-state index in [-0.39, 0.29) is 5.41 Å². The van der Waals surface area contributed by atoms with Crippen LogP contribution in [0.25, 0.3) is 0 Å². The lowest BCUT2D eigenvalue weighted by molar-refractivity contribution is 0.151. The van der Waals surface area contributed by atoms with Crippen LogP contribution < -0.4 is 5.73 Å². The number of nitrogens with two attached hydrogens (primary N) is 1. The van der Waals surface area contributed by atoms with Gasteiger partial charge in [-0.05, 0) is 36.6 Å². The Balaban J connectivity index is 2.80. The number of hydrogen-bond acceptors (Lipinski definition) is 2. The van der Waals surface area contributed by atoms with Gasteiger partial charge in [-0.25, -0.2) is 4.98 Å². The van der Waals surface area contributed by atoms with Crippen molar-refractivity contribution in [2.24, 2.45) is 16.6 Å².